The van der Waals surface area contributed by atoms with E-state index in [-0.39, 0.29) is 17.6 Å². The van der Waals surface area contributed by atoms with Gasteiger partial charge in [-0.05, 0) is 36.6 Å². The third-order valence-corrected chi connectivity index (χ3v) is 6.20. The summed E-state index contributed by atoms with van der Waals surface area (Å²) in [6.07, 6.45) is 3.53. The molecule has 0 saturated carbocycles. The Balaban J connectivity index is 1.34. The molecule has 2 aliphatic heterocycles. The Bertz CT molecular complexity index is 848. The topological polar surface area (TPSA) is 96.0 Å². The van der Waals surface area contributed by atoms with Gasteiger partial charge in [-0.1, -0.05) is 0 Å². The summed E-state index contributed by atoms with van der Waals surface area (Å²) in [6, 6.07) is 5.64. The number of carbonyl (C=O) groups excluding carboxylic acids is 2. The van der Waals surface area contributed by atoms with Gasteiger partial charge in [0, 0.05) is 57.5 Å². The SMILES string of the molecule is CS(=O)(=O)CCN1CCN(C(=O)CCCOc2ccc3c(c2)CCC(=O)N3)CC1. The zero-order valence-corrected chi connectivity index (χ0v) is 17.7. The van der Waals surface area contributed by atoms with Gasteiger partial charge in [0.1, 0.15) is 15.6 Å². The van der Waals surface area contributed by atoms with E-state index in [4.69, 9.17) is 4.74 Å². The fourth-order valence-electron chi connectivity index (χ4n) is 3.54. The van der Waals surface area contributed by atoms with E-state index < -0.39 is 9.84 Å². The molecule has 3 rings (SSSR count). The van der Waals surface area contributed by atoms with E-state index in [2.05, 4.69) is 10.2 Å². The molecular weight excluding hydrogens is 394 g/mol. The first-order valence-electron chi connectivity index (χ1n) is 10.0. The maximum absolute atomic E-state index is 12.4. The molecule has 1 N–H and O–H groups in total. The molecule has 1 saturated heterocycles. The standard InChI is InChI=1S/C20H29N3O5S/c1-29(26,27)14-12-22-8-10-23(11-9-22)20(25)3-2-13-28-17-5-6-18-16(15-17)4-7-19(24)21-18/h5-6,15H,2-4,7-14H2,1H3,(H,21,24). The van der Waals surface area contributed by atoms with E-state index in [1.54, 1.807) is 0 Å². The molecule has 8 nitrogen and oxygen atoms in total. The Kier molecular flexibility index (Phi) is 7.13. The predicted molar refractivity (Wildman–Crippen MR) is 111 cm³/mol. The molecule has 0 atom stereocenters. The molecule has 29 heavy (non-hydrogen) atoms. The summed E-state index contributed by atoms with van der Waals surface area (Å²) in [5.41, 5.74) is 1.92. The Hall–Kier alpha value is -2.13. The van der Waals surface area contributed by atoms with E-state index in [0.717, 1.165) is 17.0 Å². The number of nitrogens with one attached hydrogen (secondary N) is 1. The lowest BCUT2D eigenvalue weighted by atomic mass is 10.0. The molecule has 0 spiro atoms. The monoisotopic (exact) mass is 423 g/mol. The Morgan fingerprint density at radius 3 is 2.66 bits per heavy atom. The van der Waals surface area contributed by atoms with Crippen molar-refractivity contribution in [2.75, 3.05) is 56.7 Å². The Morgan fingerprint density at radius 2 is 1.93 bits per heavy atom. The molecule has 0 aromatic heterocycles. The minimum absolute atomic E-state index is 0.0425. The van der Waals surface area contributed by atoms with E-state index in [9.17, 15) is 18.0 Å². The minimum Gasteiger partial charge on any atom is -0.494 e. The number of carbonyl (C=O) groups is 2. The summed E-state index contributed by atoms with van der Waals surface area (Å²) in [4.78, 5) is 27.7. The van der Waals surface area contributed by atoms with Crippen LogP contribution in [0.15, 0.2) is 18.2 Å². The third kappa shape index (κ3) is 6.71. The number of rotatable bonds is 8. The highest BCUT2D eigenvalue weighted by Crippen LogP contribution is 2.26. The molecule has 2 aliphatic rings. The van der Waals surface area contributed by atoms with Gasteiger partial charge in [-0.3, -0.25) is 14.5 Å². The summed E-state index contributed by atoms with van der Waals surface area (Å²) >= 11 is 0. The van der Waals surface area contributed by atoms with Crippen LogP contribution in [-0.4, -0.2) is 81.4 Å². The van der Waals surface area contributed by atoms with E-state index in [1.165, 1.54) is 6.26 Å². The zero-order chi connectivity index (χ0) is 20.9. The van der Waals surface area contributed by atoms with Crippen LogP contribution in [0, 0.1) is 0 Å². The molecule has 0 bridgehead atoms. The number of anilines is 1. The normalized spacial score (nSPS) is 17.6. The molecular formula is C20H29N3O5S. The van der Waals surface area contributed by atoms with Gasteiger partial charge < -0.3 is 15.0 Å². The number of hydrogen-bond acceptors (Lipinski definition) is 6. The molecule has 0 aliphatic carbocycles. The second kappa shape index (κ2) is 9.58. The lowest BCUT2D eigenvalue weighted by Crippen LogP contribution is -2.49. The van der Waals surface area contributed by atoms with Gasteiger partial charge in [0.15, 0.2) is 0 Å². The third-order valence-electron chi connectivity index (χ3n) is 5.28. The Labute approximate surface area is 172 Å². The smallest absolute Gasteiger partial charge is 0.224 e. The average Bonchev–Trinajstić information content (AvgIpc) is 2.69. The lowest BCUT2D eigenvalue weighted by Gasteiger charge is -2.34. The van der Waals surface area contributed by atoms with Crippen LogP contribution in [0.25, 0.3) is 0 Å². The summed E-state index contributed by atoms with van der Waals surface area (Å²) in [7, 11) is -2.95. The van der Waals surface area contributed by atoms with Crippen LogP contribution >= 0.6 is 0 Å². The van der Waals surface area contributed by atoms with Gasteiger partial charge in [-0.15, -0.1) is 0 Å². The maximum atomic E-state index is 12.4. The number of nitrogens with zero attached hydrogens (tertiary/aromatic N) is 2. The van der Waals surface area contributed by atoms with Crippen molar-refractivity contribution in [3.63, 3.8) is 0 Å². The fourth-order valence-corrected chi connectivity index (χ4v) is 4.13. The number of sulfone groups is 1. The summed E-state index contributed by atoms with van der Waals surface area (Å²) < 4.78 is 28.3. The highest BCUT2D eigenvalue weighted by molar-refractivity contribution is 7.90. The molecule has 2 heterocycles. The number of hydrogen-bond donors (Lipinski definition) is 1. The molecule has 2 amide bonds. The first kappa shape index (κ1) is 21.6. The van der Waals surface area contributed by atoms with Crippen molar-refractivity contribution in [2.45, 2.75) is 25.7 Å². The molecule has 0 radical (unpaired) electrons. The molecule has 160 valence electrons. The van der Waals surface area contributed by atoms with E-state index in [0.29, 0.717) is 65.0 Å². The summed E-state index contributed by atoms with van der Waals surface area (Å²) in [6.45, 7) is 3.69. The van der Waals surface area contributed by atoms with Crippen LogP contribution in [0.3, 0.4) is 0 Å². The van der Waals surface area contributed by atoms with Crippen LogP contribution in [-0.2, 0) is 25.8 Å². The van der Waals surface area contributed by atoms with Crippen molar-refractivity contribution in [1.82, 2.24) is 9.80 Å². The van der Waals surface area contributed by atoms with Gasteiger partial charge >= 0.3 is 0 Å². The molecule has 1 fully saturated rings. The van der Waals surface area contributed by atoms with Crippen LogP contribution in [0.1, 0.15) is 24.8 Å². The van der Waals surface area contributed by atoms with Crippen LogP contribution in [0.5, 0.6) is 5.75 Å². The number of benzene rings is 1. The largest absolute Gasteiger partial charge is 0.494 e. The van der Waals surface area contributed by atoms with Gasteiger partial charge in [-0.2, -0.15) is 0 Å². The molecule has 9 heteroatoms. The van der Waals surface area contributed by atoms with Crippen LogP contribution in [0.4, 0.5) is 5.69 Å². The summed E-state index contributed by atoms with van der Waals surface area (Å²) in [5.74, 6) is 1.07. The first-order valence-corrected chi connectivity index (χ1v) is 12.1. The fraction of sp³-hybridized carbons (Fsp3) is 0.600. The van der Waals surface area contributed by atoms with Crippen molar-refractivity contribution >= 4 is 27.3 Å². The number of amides is 2. The number of piperazine rings is 1. The van der Waals surface area contributed by atoms with Crippen LogP contribution in [0.2, 0.25) is 0 Å². The zero-order valence-electron chi connectivity index (χ0n) is 16.9. The first-order chi connectivity index (χ1) is 13.8. The second-order valence-electron chi connectivity index (χ2n) is 7.67. The number of aryl methyl sites for hydroxylation is 1. The number of ether oxygens (including phenoxy) is 1. The predicted octanol–water partition coefficient (Wildman–Crippen LogP) is 0.919. The molecule has 1 aromatic carbocycles. The minimum atomic E-state index is -2.95. The van der Waals surface area contributed by atoms with Crippen molar-refractivity contribution < 1.29 is 22.7 Å². The van der Waals surface area contributed by atoms with E-state index in [1.807, 2.05) is 23.1 Å². The van der Waals surface area contributed by atoms with Crippen LogP contribution < -0.4 is 10.1 Å². The molecule has 0 unspecified atom stereocenters. The Morgan fingerprint density at radius 1 is 1.17 bits per heavy atom. The quantitative estimate of drug-likeness (QED) is 0.625. The average molecular weight is 424 g/mol. The van der Waals surface area contributed by atoms with Gasteiger partial charge in [0.25, 0.3) is 0 Å². The van der Waals surface area contributed by atoms with Gasteiger partial charge in [-0.25, -0.2) is 8.42 Å². The van der Waals surface area contributed by atoms with Crippen molar-refractivity contribution in [3.05, 3.63) is 23.8 Å². The highest BCUT2D eigenvalue weighted by atomic mass is 32.2. The van der Waals surface area contributed by atoms with Crippen molar-refractivity contribution in [2.24, 2.45) is 0 Å². The van der Waals surface area contributed by atoms with Crippen molar-refractivity contribution in [1.29, 1.82) is 0 Å². The van der Waals surface area contributed by atoms with E-state index >= 15 is 0 Å². The summed E-state index contributed by atoms with van der Waals surface area (Å²) in [5, 5.41) is 2.85. The molecule has 1 aromatic rings. The number of fused-ring (bicyclic) bond motifs is 1. The maximum Gasteiger partial charge on any atom is 0.224 e. The second-order valence-corrected chi connectivity index (χ2v) is 9.93. The van der Waals surface area contributed by atoms with Gasteiger partial charge in [0.2, 0.25) is 11.8 Å². The van der Waals surface area contributed by atoms with Gasteiger partial charge in [0.05, 0.1) is 12.4 Å². The van der Waals surface area contributed by atoms with Crippen molar-refractivity contribution in [3.8, 4) is 5.75 Å². The highest BCUT2D eigenvalue weighted by Gasteiger charge is 2.21. The lowest BCUT2D eigenvalue weighted by molar-refractivity contribution is -0.133.